The molecular formula is C11H22N2O. The first-order valence-electron chi connectivity index (χ1n) is 5.85. The van der Waals surface area contributed by atoms with E-state index in [-0.39, 0.29) is 0 Å². The van der Waals surface area contributed by atoms with E-state index >= 15 is 0 Å². The monoisotopic (exact) mass is 198 g/mol. The zero-order valence-electron chi connectivity index (χ0n) is 9.22. The highest BCUT2D eigenvalue weighted by molar-refractivity contribution is 4.95. The lowest BCUT2D eigenvalue weighted by atomic mass is 9.73. The van der Waals surface area contributed by atoms with Crippen LogP contribution >= 0.6 is 0 Å². The molecule has 0 radical (unpaired) electrons. The quantitative estimate of drug-likeness (QED) is 0.673. The van der Waals surface area contributed by atoms with Gasteiger partial charge < -0.3 is 15.0 Å². The molecule has 2 rings (SSSR count). The molecule has 0 bridgehead atoms. The Labute approximate surface area is 86.8 Å². The number of ether oxygens (including phenoxy) is 1. The average molecular weight is 198 g/mol. The van der Waals surface area contributed by atoms with Crippen LogP contribution in [0.5, 0.6) is 0 Å². The van der Waals surface area contributed by atoms with E-state index in [2.05, 4.69) is 17.1 Å². The first-order chi connectivity index (χ1) is 6.85. The lowest BCUT2D eigenvalue weighted by Crippen LogP contribution is -2.59. The van der Waals surface area contributed by atoms with E-state index in [1.807, 2.05) is 0 Å². The summed E-state index contributed by atoms with van der Waals surface area (Å²) in [6.45, 7) is 10.2. The Balaban J connectivity index is 1.62. The summed E-state index contributed by atoms with van der Waals surface area (Å²) in [5, 5.41) is 3.37. The van der Waals surface area contributed by atoms with Crippen LogP contribution in [0.1, 0.15) is 19.8 Å². The number of likely N-dealkylation sites (tertiary alicyclic amines) is 1. The number of rotatable bonds is 4. The minimum atomic E-state index is 0.643. The molecule has 2 saturated heterocycles. The van der Waals surface area contributed by atoms with Crippen LogP contribution in [0.2, 0.25) is 0 Å². The van der Waals surface area contributed by atoms with Crippen molar-refractivity contribution in [1.29, 1.82) is 0 Å². The Morgan fingerprint density at radius 3 is 2.64 bits per heavy atom. The van der Waals surface area contributed by atoms with Gasteiger partial charge in [0.2, 0.25) is 0 Å². The summed E-state index contributed by atoms with van der Waals surface area (Å²) in [6.07, 6.45) is 2.56. The molecule has 2 fully saturated rings. The minimum absolute atomic E-state index is 0.643. The highest BCUT2D eigenvalue weighted by Gasteiger charge is 2.43. The van der Waals surface area contributed by atoms with E-state index < -0.39 is 0 Å². The van der Waals surface area contributed by atoms with Gasteiger partial charge in [0.25, 0.3) is 0 Å². The summed E-state index contributed by atoms with van der Waals surface area (Å²) in [5.74, 6) is 0. The van der Waals surface area contributed by atoms with Gasteiger partial charge in [-0.3, -0.25) is 0 Å². The van der Waals surface area contributed by atoms with Gasteiger partial charge in [-0.25, -0.2) is 0 Å². The zero-order valence-corrected chi connectivity index (χ0v) is 9.22. The van der Waals surface area contributed by atoms with E-state index in [1.165, 1.54) is 32.5 Å². The maximum absolute atomic E-state index is 5.40. The van der Waals surface area contributed by atoms with Gasteiger partial charge >= 0.3 is 0 Å². The van der Waals surface area contributed by atoms with Gasteiger partial charge in [0.15, 0.2) is 0 Å². The highest BCUT2D eigenvalue weighted by atomic mass is 16.5. The van der Waals surface area contributed by atoms with Crippen molar-refractivity contribution in [2.24, 2.45) is 5.41 Å². The lowest BCUT2D eigenvalue weighted by molar-refractivity contribution is -0.0795. The molecule has 2 heterocycles. The normalized spacial score (nSPS) is 26.4. The van der Waals surface area contributed by atoms with Gasteiger partial charge in [-0.15, -0.1) is 0 Å². The molecular weight excluding hydrogens is 176 g/mol. The van der Waals surface area contributed by atoms with Crippen molar-refractivity contribution in [1.82, 2.24) is 10.2 Å². The lowest BCUT2D eigenvalue weighted by Gasteiger charge is -2.52. The van der Waals surface area contributed by atoms with Gasteiger partial charge in [-0.05, 0) is 19.4 Å². The van der Waals surface area contributed by atoms with Crippen LogP contribution in [0.3, 0.4) is 0 Å². The number of likely N-dealkylation sites (N-methyl/N-ethyl adjacent to an activating group) is 1. The van der Waals surface area contributed by atoms with Crippen molar-refractivity contribution in [3.8, 4) is 0 Å². The smallest absolute Gasteiger partial charge is 0.0472 e. The predicted molar refractivity (Wildman–Crippen MR) is 57.5 cm³/mol. The van der Waals surface area contributed by atoms with Crippen LogP contribution in [0.25, 0.3) is 0 Å². The Bertz CT molecular complexity index is 170. The Hall–Kier alpha value is -0.120. The summed E-state index contributed by atoms with van der Waals surface area (Å²) in [5.41, 5.74) is 0.643. The number of hydrogen-bond donors (Lipinski definition) is 1. The molecule has 0 saturated carbocycles. The maximum Gasteiger partial charge on any atom is 0.0472 e. The van der Waals surface area contributed by atoms with E-state index in [1.54, 1.807) is 0 Å². The van der Waals surface area contributed by atoms with Crippen molar-refractivity contribution in [2.45, 2.75) is 19.8 Å². The zero-order chi connectivity index (χ0) is 9.86. The van der Waals surface area contributed by atoms with Crippen LogP contribution in [0, 0.1) is 5.41 Å². The number of nitrogens with zero attached hydrogens (tertiary/aromatic N) is 1. The maximum atomic E-state index is 5.40. The standard InChI is InChI=1S/C11H22N2O/c1-2-12-5-6-13-9-11(10-13)3-7-14-8-4-11/h12H,2-10H2,1H3. The van der Waals surface area contributed by atoms with E-state index in [0.29, 0.717) is 5.41 Å². The Kier molecular flexibility index (Phi) is 3.42. The summed E-state index contributed by atoms with van der Waals surface area (Å²) in [7, 11) is 0. The fourth-order valence-electron chi connectivity index (χ4n) is 2.60. The van der Waals surface area contributed by atoms with Crippen molar-refractivity contribution in [3.63, 3.8) is 0 Å². The van der Waals surface area contributed by atoms with Crippen molar-refractivity contribution < 1.29 is 4.74 Å². The SMILES string of the molecule is CCNCCN1CC2(CCOCC2)C1. The third kappa shape index (κ3) is 2.27. The number of nitrogens with one attached hydrogen (secondary N) is 1. The van der Waals surface area contributed by atoms with Crippen LogP contribution in [0.15, 0.2) is 0 Å². The first kappa shape index (κ1) is 10.4. The Morgan fingerprint density at radius 2 is 2.00 bits per heavy atom. The molecule has 1 spiro atoms. The second-order valence-electron chi connectivity index (χ2n) is 4.68. The second kappa shape index (κ2) is 4.60. The topological polar surface area (TPSA) is 24.5 Å². The van der Waals surface area contributed by atoms with Crippen LogP contribution in [-0.2, 0) is 4.74 Å². The Morgan fingerprint density at radius 1 is 1.29 bits per heavy atom. The van der Waals surface area contributed by atoms with E-state index in [4.69, 9.17) is 4.74 Å². The predicted octanol–water partition coefficient (Wildman–Crippen LogP) is 0.708. The molecule has 0 unspecified atom stereocenters. The fraction of sp³-hybridized carbons (Fsp3) is 1.00. The van der Waals surface area contributed by atoms with Crippen molar-refractivity contribution >= 4 is 0 Å². The van der Waals surface area contributed by atoms with Crippen LogP contribution < -0.4 is 5.32 Å². The second-order valence-corrected chi connectivity index (χ2v) is 4.68. The molecule has 1 N–H and O–H groups in total. The molecule has 0 aromatic rings. The minimum Gasteiger partial charge on any atom is -0.381 e. The van der Waals surface area contributed by atoms with Gasteiger partial charge in [0.05, 0.1) is 0 Å². The van der Waals surface area contributed by atoms with Gasteiger partial charge in [0.1, 0.15) is 0 Å². The third-order valence-corrected chi connectivity index (χ3v) is 3.53. The third-order valence-electron chi connectivity index (χ3n) is 3.53. The van der Waals surface area contributed by atoms with E-state index in [0.717, 1.165) is 26.3 Å². The number of hydrogen-bond acceptors (Lipinski definition) is 3. The molecule has 0 aromatic heterocycles. The molecule has 82 valence electrons. The molecule has 3 nitrogen and oxygen atoms in total. The summed E-state index contributed by atoms with van der Waals surface area (Å²) < 4.78 is 5.40. The van der Waals surface area contributed by atoms with Crippen molar-refractivity contribution in [2.75, 3.05) is 45.9 Å². The summed E-state index contributed by atoms with van der Waals surface area (Å²) >= 11 is 0. The van der Waals surface area contributed by atoms with Gasteiger partial charge in [0, 0.05) is 44.8 Å². The first-order valence-corrected chi connectivity index (χ1v) is 5.85. The average Bonchev–Trinajstić information content (AvgIpc) is 2.17. The summed E-state index contributed by atoms with van der Waals surface area (Å²) in [4.78, 5) is 2.56. The largest absolute Gasteiger partial charge is 0.381 e. The highest BCUT2D eigenvalue weighted by Crippen LogP contribution is 2.39. The molecule has 0 amide bonds. The molecule has 0 aliphatic carbocycles. The molecule has 2 aliphatic heterocycles. The molecule has 2 aliphatic rings. The molecule has 0 aromatic carbocycles. The van der Waals surface area contributed by atoms with Crippen LogP contribution in [0.4, 0.5) is 0 Å². The summed E-state index contributed by atoms with van der Waals surface area (Å²) in [6, 6.07) is 0. The van der Waals surface area contributed by atoms with Crippen LogP contribution in [-0.4, -0.2) is 50.8 Å². The molecule has 3 heteroatoms. The molecule has 0 atom stereocenters. The van der Waals surface area contributed by atoms with Crippen molar-refractivity contribution in [3.05, 3.63) is 0 Å². The van der Waals surface area contributed by atoms with Gasteiger partial charge in [-0.1, -0.05) is 6.92 Å². The van der Waals surface area contributed by atoms with Gasteiger partial charge in [-0.2, -0.15) is 0 Å². The van der Waals surface area contributed by atoms with E-state index in [9.17, 15) is 0 Å². The molecule has 14 heavy (non-hydrogen) atoms. The fourth-order valence-corrected chi connectivity index (χ4v) is 2.60.